The zero-order chi connectivity index (χ0) is 25.5. The molecule has 0 aliphatic rings. The van der Waals surface area contributed by atoms with Crippen molar-refractivity contribution in [2.45, 2.75) is 33.1 Å². The third kappa shape index (κ3) is 7.80. The van der Waals surface area contributed by atoms with Crippen LogP contribution in [0.5, 0.6) is 17.2 Å². The van der Waals surface area contributed by atoms with E-state index in [0.29, 0.717) is 11.8 Å². The van der Waals surface area contributed by atoms with Gasteiger partial charge in [0.1, 0.15) is 18.1 Å². The highest BCUT2D eigenvalue weighted by Crippen LogP contribution is 2.38. The maximum atomic E-state index is 12.8. The van der Waals surface area contributed by atoms with E-state index in [2.05, 4.69) is 5.16 Å². The van der Waals surface area contributed by atoms with Gasteiger partial charge in [-0.25, -0.2) is 4.79 Å². The second kappa shape index (κ2) is 11.5. The fourth-order valence-corrected chi connectivity index (χ4v) is 2.62. The number of benzene rings is 2. The Morgan fingerprint density at radius 1 is 1.15 bits per heavy atom. The van der Waals surface area contributed by atoms with Crippen LogP contribution in [-0.4, -0.2) is 35.9 Å². The Labute approximate surface area is 197 Å². The number of halogens is 4. The molecule has 0 fully saturated rings. The molecule has 0 radical (unpaired) electrons. The molecule has 34 heavy (non-hydrogen) atoms. The molecule has 2 aromatic carbocycles. The number of nitro groups is 1. The SMILES string of the molecule is CC(C)=NOCCOC(=O)C(C)Oc1cc(Oc2ccc(C(F)(F)F)cc2Cl)ccc1[N+](=O)[O-]. The third-order valence-electron chi connectivity index (χ3n) is 3.92. The van der Waals surface area contributed by atoms with Crippen LogP contribution in [0.4, 0.5) is 18.9 Å². The molecule has 2 aromatic rings. The number of esters is 1. The standard InChI is InChI=1S/C21H20ClF3N2O7/c1-12(2)26-32-9-8-31-20(28)13(3)33-19-11-15(5-6-17(19)27(29)30)34-18-7-4-14(10-16(18)22)21(23,24)25/h4-7,10-11,13H,8-9H2,1-3H3. The number of ether oxygens (including phenoxy) is 3. The van der Waals surface area contributed by atoms with Gasteiger partial charge in [0.2, 0.25) is 5.75 Å². The van der Waals surface area contributed by atoms with Crippen molar-refractivity contribution in [2.24, 2.45) is 5.16 Å². The second-order valence-corrected chi connectivity index (χ2v) is 7.34. The molecule has 1 atom stereocenters. The van der Waals surface area contributed by atoms with Crippen molar-refractivity contribution in [2.75, 3.05) is 13.2 Å². The van der Waals surface area contributed by atoms with Gasteiger partial charge < -0.3 is 19.0 Å². The summed E-state index contributed by atoms with van der Waals surface area (Å²) in [5, 5.41) is 14.7. The van der Waals surface area contributed by atoms with Gasteiger partial charge in [0.25, 0.3) is 0 Å². The molecule has 13 heteroatoms. The number of nitro benzene ring substituents is 1. The first-order chi connectivity index (χ1) is 15.9. The lowest BCUT2D eigenvalue weighted by Gasteiger charge is -2.15. The summed E-state index contributed by atoms with van der Waals surface area (Å²) in [6.07, 6.45) is -5.82. The molecule has 0 heterocycles. The highest BCUT2D eigenvalue weighted by Gasteiger charge is 2.31. The number of rotatable bonds is 10. The van der Waals surface area contributed by atoms with Gasteiger partial charge in [-0.1, -0.05) is 16.8 Å². The highest BCUT2D eigenvalue weighted by atomic mass is 35.5. The summed E-state index contributed by atoms with van der Waals surface area (Å²) in [6, 6.07) is 5.85. The van der Waals surface area contributed by atoms with Crippen LogP contribution in [0.2, 0.25) is 5.02 Å². The summed E-state index contributed by atoms with van der Waals surface area (Å²) < 4.78 is 54.2. The normalized spacial score (nSPS) is 11.9. The van der Waals surface area contributed by atoms with Crippen molar-refractivity contribution in [3.05, 3.63) is 57.1 Å². The third-order valence-corrected chi connectivity index (χ3v) is 4.21. The highest BCUT2D eigenvalue weighted by molar-refractivity contribution is 6.32. The number of oxime groups is 1. The second-order valence-electron chi connectivity index (χ2n) is 6.93. The van der Waals surface area contributed by atoms with Gasteiger partial charge in [-0.15, -0.1) is 0 Å². The van der Waals surface area contributed by atoms with Crippen LogP contribution in [0.15, 0.2) is 41.6 Å². The first-order valence-corrected chi connectivity index (χ1v) is 10.1. The van der Waals surface area contributed by atoms with E-state index in [1.807, 2.05) is 0 Å². The van der Waals surface area contributed by atoms with Crippen LogP contribution >= 0.6 is 11.6 Å². The van der Waals surface area contributed by atoms with Crippen LogP contribution in [0.25, 0.3) is 0 Å². The molecule has 9 nitrogen and oxygen atoms in total. The maximum absolute atomic E-state index is 12.8. The van der Waals surface area contributed by atoms with Crippen LogP contribution in [0, 0.1) is 10.1 Å². The number of hydrogen-bond donors (Lipinski definition) is 0. The lowest BCUT2D eigenvalue weighted by atomic mass is 10.2. The van der Waals surface area contributed by atoms with Gasteiger partial charge in [-0.05, 0) is 45.0 Å². The Kier molecular flexibility index (Phi) is 9.07. The van der Waals surface area contributed by atoms with Crippen LogP contribution in [0.1, 0.15) is 26.3 Å². The quantitative estimate of drug-likeness (QED) is 0.132. The number of carbonyl (C=O) groups is 1. The lowest BCUT2D eigenvalue weighted by molar-refractivity contribution is -0.386. The summed E-state index contributed by atoms with van der Waals surface area (Å²) >= 11 is 5.88. The van der Waals surface area contributed by atoms with E-state index in [4.69, 9.17) is 30.6 Å². The monoisotopic (exact) mass is 504 g/mol. The number of alkyl halides is 3. The fraction of sp³-hybridized carbons (Fsp3) is 0.333. The molecule has 0 aromatic heterocycles. The van der Waals surface area contributed by atoms with E-state index in [1.54, 1.807) is 13.8 Å². The van der Waals surface area contributed by atoms with Crippen molar-refractivity contribution in [3.63, 3.8) is 0 Å². The van der Waals surface area contributed by atoms with Gasteiger partial charge in [0.15, 0.2) is 12.7 Å². The zero-order valence-corrected chi connectivity index (χ0v) is 19.0. The molecular weight excluding hydrogens is 485 g/mol. The Balaban J connectivity index is 2.13. The summed E-state index contributed by atoms with van der Waals surface area (Å²) in [5.74, 6) is -1.28. The van der Waals surface area contributed by atoms with Gasteiger partial charge in [-0.2, -0.15) is 13.2 Å². The van der Waals surface area contributed by atoms with E-state index in [-0.39, 0.29) is 35.5 Å². The Bertz CT molecular complexity index is 1070. The summed E-state index contributed by atoms with van der Waals surface area (Å²) in [4.78, 5) is 27.6. The molecule has 0 N–H and O–H groups in total. The Morgan fingerprint density at radius 2 is 1.85 bits per heavy atom. The minimum Gasteiger partial charge on any atom is -0.472 e. The molecule has 184 valence electrons. The van der Waals surface area contributed by atoms with Crippen LogP contribution < -0.4 is 9.47 Å². The van der Waals surface area contributed by atoms with E-state index in [1.165, 1.54) is 13.0 Å². The molecule has 0 saturated heterocycles. The molecule has 0 amide bonds. The lowest BCUT2D eigenvalue weighted by Crippen LogP contribution is -2.27. The molecule has 0 spiro atoms. The van der Waals surface area contributed by atoms with E-state index >= 15 is 0 Å². The predicted molar refractivity (Wildman–Crippen MR) is 115 cm³/mol. The molecule has 0 bridgehead atoms. The van der Waals surface area contributed by atoms with Gasteiger partial charge in [0, 0.05) is 12.1 Å². The summed E-state index contributed by atoms with van der Waals surface area (Å²) in [6.45, 7) is 4.64. The molecule has 1 unspecified atom stereocenters. The Hall–Kier alpha value is -3.54. The molecule has 0 saturated carbocycles. The number of hydrogen-bond acceptors (Lipinski definition) is 8. The van der Waals surface area contributed by atoms with Crippen LogP contribution in [0.3, 0.4) is 0 Å². The number of carbonyl (C=O) groups excluding carboxylic acids is 1. The topological polar surface area (TPSA) is 109 Å². The average molecular weight is 505 g/mol. The zero-order valence-electron chi connectivity index (χ0n) is 18.2. The average Bonchev–Trinajstić information content (AvgIpc) is 2.73. The smallest absolute Gasteiger partial charge is 0.416 e. The van der Waals surface area contributed by atoms with E-state index in [9.17, 15) is 28.1 Å². The first kappa shape index (κ1) is 26.7. The minimum atomic E-state index is -4.59. The van der Waals surface area contributed by atoms with Crippen LogP contribution in [-0.2, 0) is 20.5 Å². The summed E-state index contributed by atoms with van der Waals surface area (Å²) in [7, 11) is 0. The largest absolute Gasteiger partial charge is 0.472 e. The van der Waals surface area contributed by atoms with Crippen molar-refractivity contribution < 1.29 is 41.9 Å². The summed E-state index contributed by atoms with van der Waals surface area (Å²) in [5.41, 5.74) is -0.761. The number of nitrogens with zero attached hydrogens (tertiary/aromatic N) is 2. The van der Waals surface area contributed by atoms with E-state index in [0.717, 1.165) is 24.3 Å². The van der Waals surface area contributed by atoms with Crippen molar-refractivity contribution in [1.29, 1.82) is 0 Å². The van der Waals surface area contributed by atoms with Gasteiger partial charge in [0.05, 0.1) is 21.2 Å². The molecular formula is C21H20ClF3N2O7. The van der Waals surface area contributed by atoms with Gasteiger partial charge >= 0.3 is 17.8 Å². The first-order valence-electron chi connectivity index (χ1n) is 9.68. The van der Waals surface area contributed by atoms with Crippen molar-refractivity contribution in [3.8, 4) is 17.2 Å². The molecule has 2 rings (SSSR count). The maximum Gasteiger partial charge on any atom is 0.416 e. The predicted octanol–water partition coefficient (Wildman–Crippen LogP) is 5.78. The van der Waals surface area contributed by atoms with Gasteiger partial charge in [-0.3, -0.25) is 10.1 Å². The Morgan fingerprint density at radius 3 is 2.44 bits per heavy atom. The molecule has 0 aliphatic heterocycles. The molecule has 0 aliphatic carbocycles. The van der Waals surface area contributed by atoms with Crippen molar-refractivity contribution in [1.82, 2.24) is 0 Å². The minimum absolute atomic E-state index is 0.000993. The fourth-order valence-electron chi connectivity index (χ4n) is 2.40. The van der Waals surface area contributed by atoms with Crippen molar-refractivity contribution >= 4 is 29.0 Å². The van der Waals surface area contributed by atoms with E-state index < -0.39 is 34.4 Å².